The molecule has 0 bridgehead atoms. The Kier molecular flexibility index (Phi) is 4.47. The Hall–Kier alpha value is -3.40. The third kappa shape index (κ3) is 3.29. The predicted octanol–water partition coefficient (Wildman–Crippen LogP) is 4.74. The third-order valence-electron chi connectivity index (χ3n) is 4.04. The van der Waals surface area contributed by atoms with Gasteiger partial charge in [0, 0.05) is 17.5 Å². The number of thiazole rings is 1. The van der Waals surface area contributed by atoms with Crippen molar-refractivity contribution in [2.75, 3.05) is 10.6 Å². The standard InChI is InChI=1S/C18H12F3N5OS/c1-8-2-3-13-10(6-23-26-13)15(8)24-17(27)14-7-22-18(28-14)25-16-11(20)4-9(19)5-12(16)21/h2-7H,1H3,(H,22,25)(H,23,26)(H,24,27). The maximum Gasteiger partial charge on any atom is 0.267 e. The summed E-state index contributed by atoms with van der Waals surface area (Å²) in [5.41, 5.74) is 1.69. The van der Waals surface area contributed by atoms with Crippen molar-refractivity contribution >= 4 is 44.7 Å². The number of carbonyl (C=O) groups excluding carboxylic acids is 1. The fourth-order valence-electron chi connectivity index (χ4n) is 2.67. The summed E-state index contributed by atoms with van der Waals surface area (Å²) in [6, 6.07) is 4.81. The molecule has 0 fully saturated rings. The molecule has 6 nitrogen and oxygen atoms in total. The van der Waals surface area contributed by atoms with E-state index >= 15 is 0 Å². The minimum absolute atomic E-state index is 0.0906. The summed E-state index contributed by atoms with van der Waals surface area (Å²) in [7, 11) is 0. The van der Waals surface area contributed by atoms with Gasteiger partial charge in [0.15, 0.2) is 16.8 Å². The molecule has 2 aromatic carbocycles. The molecule has 0 aliphatic carbocycles. The van der Waals surface area contributed by atoms with Crippen LogP contribution in [0.15, 0.2) is 36.7 Å². The van der Waals surface area contributed by atoms with Crippen molar-refractivity contribution in [3.63, 3.8) is 0 Å². The first-order chi connectivity index (χ1) is 13.4. The fourth-order valence-corrected chi connectivity index (χ4v) is 3.39. The van der Waals surface area contributed by atoms with Crippen LogP contribution in [-0.4, -0.2) is 21.1 Å². The highest BCUT2D eigenvalue weighted by Crippen LogP contribution is 2.29. The average Bonchev–Trinajstić information content (AvgIpc) is 3.29. The Labute approximate surface area is 160 Å². The first-order valence-electron chi connectivity index (χ1n) is 8.04. The average molecular weight is 403 g/mol. The molecular formula is C18H12F3N5OS. The Morgan fingerprint density at radius 3 is 2.61 bits per heavy atom. The van der Waals surface area contributed by atoms with E-state index < -0.39 is 29.0 Å². The molecule has 3 N–H and O–H groups in total. The van der Waals surface area contributed by atoms with Crippen LogP contribution < -0.4 is 10.6 Å². The number of aromatic amines is 1. The van der Waals surface area contributed by atoms with E-state index in [4.69, 9.17) is 0 Å². The van der Waals surface area contributed by atoms with Gasteiger partial charge in [0.05, 0.1) is 23.6 Å². The van der Waals surface area contributed by atoms with E-state index in [1.165, 1.54) is 6.20 Å². The second-order valence-corrected chi connectivity index (χ2v) is 6.97. The van der Waals surface area contributed by atoms with Crippen LogP contribution >= 0.6 is 11.3 Å². The van der Waals surface area contributed by atoms with Crippen LogP contribution in [0.4, 0.5) is 29.7 Å². The van der Waals surface area contributed by atoms with Gasteiger partial charge in [0.1, 0.15) is 16.4 Å². The van der Waals surface area contributed by atoms with Crippen LogP contribution in [-0.2, 0) is 0 Å². The number of amides is 1. The lowest BCUT2D eigenvalue weighted by Crippen LogP contribution is -2.11. The number of nitrogens with zero attached hydrogens (tertiary/aromatic N) is 2. The second kappa shape index (κ2) is 6.97. The van der Waals surface area contributed by atoms with Crippen molar-refractivity contribution in [3.8, 4) is 0 Å². The maximum atomic E-state index is 13.8. The molecule has 10 heteroatoms. The van der Waals surface area contributed by atoms with Crippen molar-refractivity contribution in [2.45, 2.75) is 6.92 Å². The smallest absolute Gasteiger partial charge is 0.267 e. The van der Waals surface area contributed by atoms with Gasteiger partial charge in [-0.05, 0) is 18.6 Å². The number of carbonyl (C=O) groups is 1. The molecule has 0 radical (unpaired) electrons. The lowest BCUT2D eigenvalue weighted by Gasteiger charge is -2.08. The highest BCUT2D eigenvalue weighted by atomic mass is 32.1. The van der Waals surface area contributed by atoms with Gasteiger partial charge in [0.25, 0.3) is 5.91 Å². The van der Waals surface area contributed by atoms with Crippen LogP contribution in [0.2, 0.25) is 0 Å². The Balaban J connectivity index is 1.57. The molecule has 142 valence electrons. The summed E-state index contributed by atoms with van der Waals surface area (Å²) >= 11 is 0.905. The van der Waals surface area contributed by atoms with Gasteiger partial charge in [-0.15, -0.1) is 0 Å². The number of benzene rings is 2. The van der Waals surface area contributed by atoms with E-state index in [1.54, 1.807) is 6.20 Å². The Bertz CT molecular complexity index is 1180. The van der Waals surface area contributed by atoms with Crippen LogP contribution in [0.5, 0.6) is 0 Å². The number of H-pyrrole nitrogens is 1. The zero-order chi connectivity index (χ0) is 19.8. The van der Waals surface area contributed by atoms with Gasteiger partial charge in [-0.2, -0.15) is 5.10 Å². The number of anilines is 3. The molecule has 0 aliphatic rings. The monoisotopic (exact) mass is 403 g/mol. The number of aryl methyl sites for hydroxylation is 1. The summed E-state index contributed by atoms with van der Waals surface area (Å²) in [6.45, 7) is 1.85. The van der Waals surface area contributed by atoms with Crippen molar-refractivity contribution in [1.29, 1.82) is 0 Å². The first-order valence-corrected chi connectivity index (χ1v) is 8.85. The molecule has 0 spiro atoms. The van der Waals surface area contributed by atoms with Crippen molar-refractivity contribution < 1.29 is 18.0 Å². The minimum Gasteiger partial charge on any atom is -0.327 e. The Morgan fingerprint density at radius 1 is 1.11 bits per heavy atom. The second-order valence-electron chi connectivity index (χ2n) is 5.94. The number of aromatic nitrogens is 3. The summed E-state index contributed by atoms with van der Waals surface area (Å²) in [5, 5.41) is 12.9. The van der Waals surface area contributed by atoms with Crippen LogP contribution in [0.25, 0.3) is 10.9 Å². The van der Waals surface area contributed by atoms with Gasteiger partial charge in [0.2, 0.25) is 0 Å². The zero-order valence-corrected chi connectivity index (χ0v) is 15.1. The topological polar surface area (TPSA) is 82.7 Å². The SMILES string of the molecule is Cc1ccc2[nH]ncc2c1NC(=O)c1cnc(Nc2c(F)cc(F)cc2F)s1. The lowest BCUT2D eigenvalue weighted by molar-refractivity contribution is 0.103. The number of fused-ring (bicyclic) bond motifs is 1. The quantitative estimate of drug-likeness (QED) is 0.460. The molecule has 1 amide bonds. The van der Waals surface area contributed by atoms with E-state index in [-0.39, 0.29) is 10.0 Å². The Morgan fingerprint density at radius 2 is 1.86 bits per heavy atom. The molecule has 0 saturated heterocycles. The van der Waals surface area contributed by atoms with Gasteiger partial charge in [-0.25, -0.2) is 18.2 Å². The van der Waals surface area contributed by atoms with Crippen molar-refractivity contribution in [3.05, 3.63) is 64.6 Å². The molecule has 0 aliphatic heterocycles. The van der Waals surface area contributed by atoms with Gasteiger partial charge < -0.3 is 10.6 Å². The van der Waals surface area contributed by atoms with Crippen LogP contribution in [0.1, 0.15) is 15.2 Å². The summed E-state index contributed by atoms with van der Waals surface area (Å²) < 4.78 is 40.5. The normalized spacial score (nSPS) is 11.0. The summed E-state index contributed by atoms with van der Waals surface area (Å²) in [6.07, 6.45) is 2.89. The molecule has 0 saturated carbocycles. The molecule has 2 heterocycles. The lowest BCUT2D eigenvalue weighted by atomic mass is 10.1. The number of halogens is 3. The maximum absolute atomic E-state index is 13.8. The van der Waals surface area contributed by atoms with Crippen molar-refractivity contribution in [1.82, 2.24) is 15.2 Å². The molecule has 4 rings (SSSR count). The molecular weight excluding hydrogens is 391 g/mol. The first kappa shape index (κ1) is 18.0. The number of hydrogen-bond donors (Lipinski definition) is 3. The van der Waals surface area contributed by atoms with Crippen LogP contribution in [0, 0.1) is 24.4 Å². The minimum atomic E-state index is -1.10. The zero-order valence-electron chi connectivity index (χ0n) is 14.3. The van der Waals surface area contributed by atoms with Crippen LogP contribution in [0.3, 0.4) is 0 Å². The highest BCUT2D eigenvalue weighted by Gasteiger charge is 2.17. The third-order valence-corrected chi connectivity index (χ3v) is 4.95. The van der Waals surface area contributed by atoms with E-state index in [1.807, 2.05) is 19.1 Å². The van der Waals surface area contributed by atoms with E-state index in [9.17, 15) is 18.0 Å². The molecule has 2 aromatic heterocycles. The number of nitrogens with one attached hydrogen (secondary N) is 3. The summed E-state index contributed by atoms with van der Waals surface area (Å²) in [5.74, 6) is -3.65. The predicted molar refractivity (Wildman–Crippen MR) is 100 cm³/mol. The summed E-state index contributed by atoms with van der Waals surface area (Å²) in [4.78, 5) is 16.8. The van der Waals surface area contributed by atoms with Gasteiger partial charge in [-0.1, -0.05) is 17.4 Å². The number of rotatable bonds is 4. The van der Waals surface area contributed by atoms with E-state index in [0.717, 1.165) is 27.8 Å². The molecule has 0 unspecified atom stereocenters. The molecule has 4 aromatic rings. The molecule has 28 heavy (non-hydrogen) atoms. The fraction of sp³-hybridized carbons (Fsp3) is 0.0556. The molecule has 0 atom stereocenters. The number of hydrogen-bond acceptors (Lipinski definition) is 5. The highest BCUT2D eigenvalue weighted by molar-refractivity contribution is 7.17. The van der Waals surface area contributed by atoms with Gasteiger partial charge in [-0.3, -0.25) is 9.89 Å². The van der Waals surface area contributed by atoms with E-state index in [2.05, 4.69) is 25.8 Å². The van der Waals surface area contributed by atoms with Gasteiger partial charge >= 0.3 is 0 Å². The van der Waals surface area contributed by atoms with Crippen molar-refractivity contribution in [2.24, 2.45) is 0 Å². The largest absolute Gasteiger partial charge is 0.327 e. The van der Waals surface area contributed by atoms with E-state index in [0.29, 0.717) is 17.8 Å².